The molecule has 3 N–H and O–H groups in total. The number of ketones is 1. The van der Waals surface area contributed by atoms with Crippen molar-refractivity contribution < 1.29 is 18.8 Å². The van der Waals surface area contributed by atoms with Gasteiger partial charge >= 0.3 is 0 Å². The van der Waals surface area contributed by atoms with Crippen molar-refractivity contribution in [3.63, 3.8) is 0 Å². The molecule has 0 spiro atoms. The fourth-order valence-electron chi connectivity index (χ4n) is 4.18. The third-order valence-corrected chi connectivity index (χ3v) is 6.93. The highest BCUT2D eigenvalue weighted by Crippen LogP contribution is 2.28. The molecule has 2 aromatic heterocycles. The summed E-state index contributed by atoms with van der Waals surface area (Å²) in [6.07, 6.45) is 0.540. The fraction of sp³-hybridized carbons (Fsp3) is 0.304. The van der Waals surface area contributed by atoms with Gasteiger partial charge in [0.1, 0.15) is 5.82 Å². The third kappa shape index (κ3) is 4.02. The average Bonchev–Trinajstić information content (AvgIpc) is 3.24. The molecule has 1 aromatic carbocycles. The van der Waals surface area contributed by atoms with Gasteiger partial charge in [0.05, 0.1) is 23.5 Å². The molecule has 0 radical (unpaired) electrons. The number of nitrogens with one attached hydrogen (secondary N) is 1. The van der Waals surface area contributed by atoms with Crippen molar-refractivity contribution in [2.45, 2.75) is 33.7 Å². The number of rotatable bonds is 4. The van der Waals surface area contributed by atoms with Gasteiger partial charge in [-0.25, -0.2) is 9.37 Å². The third-order valence-electron chi connectivity index (χ3n) is 6.02. The number of aromatic nitrogens is 2. The van der Waals surface area contributed by atoms with Crippen molar-refractivity contribution in [1.82, 2.24) is 14.5 Å². The van der Waals surface area contributed by atoms with Crippen LogP contribution in [0, 0.1) is 26.6 Å². The van der Waals surface area contributed by atoms with Gasteiger partial charge in [-0.3, -0.25) is 14.4 Å². The maximum Gasteiger partial charge on any atom is 0.296 e. The lowest BCUT2D eigenvalue weighted by molar-refractivity contribution is -0.127. The van der Waals surface area contributed by atoms with Crippen LogP contribution in [0.15, 0.2) is 18.2 Å². The molecular formula is C23H24FN5O3S. The first-order valence-electron chi connectivity index (χ1n) is 10.4. The number of Topliss-reactive ketones (excluding diaryl/α,β-unsaturated/α-hetero) is 1. The van der Waals surface area contributed by atoms with Crippen LogP contribution in [0.4, 0.5) is 15.2 Å². The molecule has 0 fully saturated rings. The quantitative estimate of drug-likeness (QED) is 0.451. The number of halogens is 1. The molecule has 4 rings (SSSR count). The van der Waals surface area contributed by atoms with Crippen molar-refractivity contribution in [1.29, 1.82) is 0 Å². The molecule has 0 saturated carbocycles. The van der Waals surface area contributed by atoms with Crippen molar-refractivity contribution in [3.8, 4) is 0 Å². The molecule has 0 aliphatic carbocycles. The number of benzene rings is 1. The number of hydrogen-bond acceptors (Lipinski definition) is 6. The molecule has 0 unspecified atom stereocenters. The van der Waals surface area contributed by atoms with Crippen LogP contribution in [0.5, 0.6) is 0 Å². The Bertz CT molecular complexity index is 1310. The van der Waals surface area contributed by atoms with E-state index in [0.29, 0.717) is 46.2 Å². The zero-order valence-electron chi connectivity index (χ0n) is 18.8. The second kappa shape index (κ2) is 8.43. The summed E-state index contributed by atoms with van der Waals surface area (Å²) in [4.78, 5) is 45.9. The lowest BCUT2D eigenvalue weighted by Gasteiger charge is -2.25. The zero-order chi connectivity index (χ0) is 24.0. The standard InChI is InChI=1S/C23H24FN5O3S/c1-11-9-14(5-6-15(11)24)26-21(31)18-12(2)19(28(4)13(18)3)20(30)22(32)29-8-7-16-17(10-29)33-23(25)27-16/h5-6,9H,7-8,10H2,1-4H3,(H2,25,27)(H,26,31). The first kappa shape index (κ1) is 22.7. The highest BCUT2D eigenvalue weighted by atomic mass is 32.1. The van der Waals surface area contributed by atoms with E-state index >= 15 is 0 Å². The van der Waals surface area contributed by atoms with Crippen molar-refractivity contribution in [2.75, 3.05) is 17.6 Å². The van der Waals surface area contributed by atoms with Gasteiger partial charge in [0.15, 0.2) is 5.13 Å². The van der Waals surface area contributed by atoms with E-state index in [2.05, 4.69) is 10.3 Å². The Kier molecular flexibility index (Phi) is 5.79. The Hall–Kier alpha value is -3.53. The van der Waals surface area contributed by atoms with E-state index in [1.807, 2.05) is 0 Å². The highest BCUT2D eigenvalue weighted by Gasteiger charge is 2.33. The number of nitrogens with two attached hydrogens (primary N) is 1. The molecule has 172 valence electrons. The predicted octanol–water partition coefficient (Wildman–Crippen LogP) is 3.15. The van der Waals surface area contributed by atoms with E-state index in [1.54, 1.807) is 32.4 Å². The number of nitrogen functional groups attached to an aromatic ring is 1. The largest absolute Gasteiger partial charge is 0.375 e. The SMILES string of the molecule is Cc1cc(NC(=O)c2c(C)c(C(=O)C(=O)N3CCc4nc(N)sc4C3)n(C)c2C)ccc1F. The molecule has 8 nitrogen and oxygen atoms in total. The number of amides is 2. The van der Waals surface area contributed by atoms with Crippen LogP contribution in [0.25, 0.3) is 0 Å². The first-order valence-corrected chi connectivity index (χ1v) is 11.2. The van der Waals surface area contributed by atoms with E-state index in [0.717, 1.165) is 10.6 Å². The summed E-state index contributed by atoms with van der Waals surface area (Å²) in [5.74, 6) is -2.09. The van der Waals surface area contributed by atoms with E-state index in [4.69, 9.17) is 5.73 Å². The lowest BCUT2D eigenvalue weighted by atomic mass is 10.1. The van der Waals surface area contributed by atoms with E-state index in [1.165, 1.54) is 34.4 Å². The minimum absolute atomic E-state index is 0.174. The van der Waals surface area contributed by atoms with Gasteiger partial charge in [-0.2, -0.15) is 0 Å². The normalized spacial score (nSPS) is 13.1. The van der Waals surface area contributed by atoms with Crippen LogP contribution in [0.1, 0.15) is 48.2 Å². The van der Waals surface area contributed by atoms with Crippen LogP contribution < -0.4 is 11.1 Å². The molecule has 3 aromatic rings. The Labute approximate surface area is 194 Å². The summed E-state index contributed by atoms with van der Waals surface area (Å²) in [5.41, 5.74) is 8.94. The van der Waals surface area contributed by atoms with Gasteiger partial charge in [0.2, 0.25) is 0 Å². The number of hydrogen-bond donors (Lipinski definition) is 2. The Morgan fingerprint density at radius 3 is 2.64 bits per heavy atom. The molecule has 2 amide bonds. The number of carbonyl (C=O) groups is 3. The Morgan fingerprint density at radius 1 is 1.21 bits per heavy atom. The smallest absolute Gasteiger partial charge is 0.296 e. The summed E-state index contributed by atoms with van der Waals surface area (Å²) < 4.78 is 15.1. The minimum Gasteiger partial charge on any atom is -0.375 e. The Morgan fingerprint density at radius 2 is 1.94 bits per heavy atom. The molecule has 1 aliphatic rings. The van der Waals surface area contributed by atoms with Crippen LogP contribution in [-0.2, 0) is 24.8 Å². The Balaban J connectivity index is 1.59. The van der Waals surface area contributed by atoms with Crippen molar-refractivity contribution >= 4 is 39.8 Å². The molecule has 1 aliphatic heterocycles. The second-order valence-corrected chi connectivity index (χ2v) is 9.25. The zero-order valence-corrected chi connectivity index (χ0v) is 19.6. The maximum atomic E-state index is 13.5. The monoisotopic (exact) mass is 469 g/mol. The average molecular weight is 470 g/mol. The lowest BCUT2D eigenvalue weighted by Crippen LogP contribution is -2.40. The van der Waals surface area contributed by atoms with Crippen LogP contribution in [-0.4, -0.2) is 38.6 Å². The van der Waals surface area contributed by atoms with Gasteiger partial charge < -0.3 is 20.5 Å². The molecule has 3 heterocycles. The fourth-order valence-corrected chi connectivity index (χ4v) is 5.08. The molecule has 0 saturated heterocycles. The van der Waals surface area contributed by atoms with Gasteiger partial charge in [0.25, 0.3) is 17.6 Å². The van der Waals surface area contributed by atoms with Crippen LogP contribution >= 0.6 is 11.3 Å². The summed E-state index contributed by atoms with van der Waals surface area (Å²) >= 11 is 1.32. The highest BCUT2D eigenvalue weighted by molar-refractivity contribution is 7.15. The summed E-state index contributed by atoms with van der Waals surface area (Å²) in [6.45, 7) is 5.63. The number of fused-ring (bicyclic) bond motifs is 1. The summed E-state index contributed by atoms with van der Waals surface area (Å²) in [5, 5.41) is 3.20. The molecule has 33 heavy (non-hydrogen) atoms. The van der Waals surface area contributed by atoms with Gasteiger partial charge in [-0.15, -0.1) is 11.3 Å². The number of carbonyl (C=O) groups excluding carboxylic acids is 3. The van der Waals surface area contributed by atoms with Crippen molar-refractivity contribution in [2.24, 2.45) is 7.05 Å². The van der Waals surface area contributed by atoms with Gasteiger partial charge in [-0.1, -0.05) is 0 Å². The molecular weight excluding hydrogens is 445 g/mol. The number of aryl methyl sites for hydroxylation is 1. The topological polar surface area (TPSA) is 110 Å². The molecule has 10 heteroatoms. The van der Waals surface area contributed by atoms with Crippen LogP contribution in [0.2, 0.25) is 0 Å². The first-order chi connectivity index (χ1) is 15.6. The summed E-state index contributed by atoms with van der Waals surface area (Å²) in [6, 6.07) is 4.29. The number of thiazole rings is 1. The molecule has 0 atom stereocenters. The van der Waals surface area contributed by atoms with Gasteiger partial charge in [-0.05, 0) is 50.1 Å². The maximum absolute atomic E-state index is 13.5. The van der Waals surface area contributed by atoms with Crippen LogP contribution in [0.3, 0.4) is 0 Å². The van der Waals surface area contributed by atoms with E-state index in [-0.39, 0.29) is 18.1 Å². The number of anilines is 2. The number of nitrogens with zero attached hydrogens (tertiary/aromatic N) is 3. The van der Waals surface area contributed by atoms with Crippen molar-refractivity contribution in [3.05, 3.63) is 62.7 Å². The van der Waals surface area contributed by atoms with Gasteiger partial charge in [0, 0.05) is 36.3 Å². The second-order valence-electron chi connectivity index (χ2n) is 8.14. The summed E-state index contributed by atoms with van der Waals surface area (Å²) in [7, 11) is 1.65. The molecule has 0 bridgehead atoms. The van der Waals surface area contributed by atoms with E-state index < -0.39 is 17.6 Å². The minimum atomic E-state index is -0.671. The van der Waals surface area contributed by atoms with E-state index in [9.17, 15) is 18.8 Å². The predicted molar refractivity (Wildman–Crippen MR) is 124 cm³/mol.